The molecule has 24 heavy (non-hydrogen) atoms. The van der Waals surface area contributed by atoms with Crippen LogP contribution in [0.4, 0.5) is 6.01 Å². The number of ether oxygens (including phenoxy) is 1. The Kier molecular flexibility index (Phi) is 4.09. The van der Waals surface area contributed by atoms with Crippen molar-refractivity contribution < 1.29 is 9.15 Å². The van der Waals surface area contributed by atoms with Gasteiger partial charge in [0.05, 0.1) is 7.11 Å². The number of hydrogen-bond acceptors (Lipinski definition) is 5. The SMILES string of the molecule is COc1ccc(CN2CCN(c3nc4ccccc4o3)CC2)cc1. The van der Waals surface area contributed by atoms with E-state index in [1.807, 2.05) is 36.4 Å². The van der Waals surface area contributed by atoms with E-state index >= 15 is 0 Å². The van der Waals surface area contributed by atoms with E-state index in [1.54, 1.807) is 7.11 Å². The molecule has 0 amide bonds. The van der Waals surface area contributed by atoms with Crippen LogP contribution in [0, 0.1) is 0 Å². The molecule has 5 heteroatoms. The fourth-order valence-corrected chi connectivity index (χ4v) is 3.08. The Morgan fingerprint density at radius 3 is 2.46 bits per heavy atom. The van der Waals surface area contributed by atoms with Crippen molar-refractivity contribution in [2.75, 3.05) is 38.2 Å². The number of oxazole rings is 1. The highest BCUT2D eigenvalue weighted by Gasteiger charge is 2.21. The molecule has 2 heterocycles. The van der Waals surface area contributed by atoms with Gasteiger partial charge < -0.3 is 14.1 Å². The first-order valence-corrected chi connectivity index (χ1v) is 8.27. The minimum absolute atomic E-state index is 0.736. The lowest BCUT2D eigenvalue weighted by Crippen LogP contribution is -2.46. The zero-order valence-electron chi connectivity index (χ0n) is 13.8. The van der Waals surface area contributed by atoms with Crippen molar-refractivity contribution in [2.45, 2.75) is 6.54 Å². The Labute approximate surface area is 141 Å². The molecule has 4 rings (SSSR count). The number of para-hydroxylation sites is 2. The van der Waals surface area contributed by atoms with Crippen LogP contribution < -0.4 is 9.64 Å². The summed E-state index contributed by atoms with van der Waals surface area (Å²) < 4.78 is 11.1. The Morgan fingerprint density at radius 2 is 1.75 bits per heavy atom. The molecule has 0 atom stereocenters. The molecule has 3 aromatic rings. The van der Waals surface area contributed by atoms with Crippen LogP contribution in [0.25, 0.3) is 11.1 Å². The molecule has 0 unspecified atom stereocenters. The number of piperazine rings is 1. The van der Waals surface area contributed by atoms with Crippen molar-refractivity contribution >= 4 is 17.1 Å². The van der Waals surface area contributed by atoms with Crippen LogP contribution in [-0.2, 0) is 6.54 Å². The van der Waals surface area contributed by atoms with Crippen LogP contribution in [0.5, 0.6) is 5.75 Å². The number of fused-ring (bicyclic) bond motifs is 1. The van der Waals surface area contributed by atoms with Crippen LogP contribution in [0.2, 0.25) is 0 Å². The second-order valence-corrected chi connectivity index (χ2v) is 6.08. The monoisotopic (exact) mass is 323 g/mol. The standard InChI is InChI=1S/C19H21N3O2/c1-23-16-8-6-15(7-9-16)14-21-10-12-22(13-11-21)19-20-17-4-2-3-5-18(17)24-19/h2-9H,10-14H2,1H3. The van der Waals surface area contributed by atoms with Gasteiger partial charge in [-0.2, -0.15) is 4.98 Å². The van der Waals surface area contributed by atoms with Crippen molar-refractivity contribution in [1.82, 2.24) is 9.88 Å². The van der Waals surface area contributed by atoms with E-state index in [0.717, 1.165) is 55.6 Å². The summed E-state index contributed by atoms with van der Waals surface area (Å²) in [6.45, 7) is 4.84. The number of hydrogen-bond donors (Lipinski definition) is 0. The summed E-state index contributed by atoms with van der Waals surface area (Å²) >= 11 is 0. The smallest absolute Gasteiger partial charge is 0.298 e. The largest absolute Gasteiger partial charge is 0.497 e. The highest BCUT2D eigenvalue weighted by atomic mass is 16.5. The molecule has 1 saturated heterocycles. The molecular weight excluding hydrogens is 302 g/mol. The van der Waals surface area contributed by atoms with E-state index in [0.29, 0.717) is 0 Å². The fourth-order valence-electron chi connectivity index (χ4n) is 3.08. The molecule has 1 aliphatic heterocycles. The van der Waals surface area contributed by atoms with Crippen LogP contribution in [0.3, 0.4) is 0 Å². The topological polar surface area (TPSA) is 41.7 Å². The van der Waals surface area contributed by atoms with Crippen molar-refractivity contribution in [1.29, 1.82) is 0 Å². The van der Waals surface area contributed by atoms with Gasteiger partial charge in [0.2, 0.25) is 0 Å². The Balaban J connectivity index is 1.37. The van der Waals surface area contributed by atoms with Gasteiger partial charge in [0.15, 0.2) is 5.58 Å². The lowest BCUT2D eigenvalue weighted by molar-refractivity contribution is 0.245. The summed E-state index contributed by atoms with van der Waals surface area (Å²) in [5.41, 5.74) is 3.09. The molecule has 1 aromatic heterocycles. The number of anilines is 1. The van der Waals surface area contributed by atoms with Crippen molar-refractivity contribution in [3.63, 3.8) is 0 Å². The molecule has 0 aliphatic carbocycles. The van der Waals surface area contributed by atoms with Gasteiger partial charge in [-0.3, -0.25) is 4.90 Å². The number of rotatable bonds is 4. The van der Waals surface area contributed by atoms with Crippen molar-refractivity contribution in [3.05, 3.63) is 54.1 Å². The van der Waals surface area contributed by atoms with Gasteiger partial charge in [-0.15, -0.1) is 0 Å². The van der Waals surface area contributed by atoms with Gasteiger partial charge in [0, 0.05) is 32.7 Å². The van der Waals surface area contributed by atoms with E-state index in [4.69, 9.17) is 9.15 Å². The van der Waals surface area contributed by atoms with E-state index < -0.39 is 0 Å². The second kappa shape index (κ2) is 6.53. The first kappa shape index (κ1) is 15.0. The molecule has 0 N–H and O–H groups in total. The normalized spacial score (nSPS) is 15.8. The maximum Gasteiger partial charge on any atom is 0.298 e. The minimum Gasteiger partial charge on any atom is -0.497 e. The van der Waals surface area contributed by atoms with Crippen molar-refractivity contribution in [2.24, 2.45) is 0 Å². The average molecular weight is 323 g/mol. The molecule has 0 spiro atoms. The molecule has 2 aromatic carbocycles. The molecular formula is C19H21N3O2. The number of benzene rings is 2. The molecule has 124 valence electrons. The molecule has 1 fully saturated rings. The maximum absolute atomic E-state index is 5.87. The molecule has 0 saturated carbocycles. The Morgan fingerprint density at radius 1 is 1.00 bits per heavy atom. The molecule has 1 aliphatic rings. The predicted molar refractivity (Wildman–Crippen MR) is 94.5 cm³/mol. The van der Waals surface area contributed by atoms with Gasteiger partial charge in [0.1, 0.15) is 11.3 Å². The highest BCUT2D eigenvalue weighted by Crippen LogP contribution is 2.23. The number of nitrogens with zero attached hydrogens (tertiary/aromatic N) is 3. The first-order chi connectivity index (χ1) is 11.8. The quantitative estimate of drug-likeness (QED) is 0.738. The summed E-state index contributed by atoms with van der Waals surface area (Å²) in [6.07, 6.45) is 0. The lowest BCUT2D eigenvalue weighted by atomic mass is 10.2. The Hall–Kier alpha value is -2.53. The first-order valence-electron chi connectivity index (χ1n) is 8.27. The third-order valence-electron chi connectivity index (χ3n) is 4.49. The van der Waals surface area contributed by atoms with Crippen LogP contribution in [0.1, 0.15) is 5.56 Å². The number of methoxy groups -OCH3 is 1. The zero-order valence-corrected chi connectivity index (χ0v) is 13.8. The molecule has 5 nitrogen and oxygen atoms in total. The molecule has 0 radical (unpaired) electrons. The van der Waals surface area contributed by atoms with E-state index in [9.17, 15) is 0 Å². The summed E-state index contributed by atoms with van der Waals surface area (Å²) in [6, 6.07) is 17.0. The van der Waals surface area contributed by atoms with Gasteiger partial charge >= 0.3 is 0 Å². The second-order valence-electron chi connectivity index (χ2n) is 6.08. The van der Waals surface area contributed by atoms with Crippen LogP contribution in [0.15, 0.2) is 52.9 Å². The van der Waals surface area contributed by atoms with E-state index in [2.05, 4.69) is 26.9 Å². The zero-order chi connectivity index (χ0) is 16.4. The Bertz CT molecular complexity index is 772. The summed E-state index contributed by atoms with van der Waals surface area (Å²) in [4.78, 5) is 9.28. The maximum atomic E-state index is 5.87. The highest BCUT2D eigenvalue weighted by molar-refractivity contribution is 5.74. The van der Waals surface area contributed by atoms with Crippen LogP contribution in [-0.4, -0.2) is 43.2 Å². The van der Waals surface area contributed by atoms with Gasteiger partial charge in [-0.05, 0) is 29.8 Å². The summed E-state index contributed by atoms with van der Waals surface area (Å²) in [5, 5.41) is 0. The predicted octanol–water partition coefficient (Wildman–Crippen LogP) is 3.16. The summed E-state index contributed by atoms with van der Waals surface area (Å²) in [5.74, 6) is 0.902. The van der Waals surface area contributed by atoms with Crippen LogP contribution >= 0.6 is 0 Å². The lowest BCUT2D eigenvalue weighted by Gasteiger charge is -2.33. The molecule has 0 bridgehead atoms. The van der Waals surface area contributed by atoms with Gasteiger partial charge in [-0.25, -0.2) is 0 Å². The third kappa shape index (κ3) is 3.08. The minimum atomic E-state index is 0.736. The van der Waals surface area contributed by atoms with Gasteiger partial charge in [-0.1, -0.05) is 24.3 Å². The summed E-state index contributed by atoms with van der Waals surface area (Å²) in [7, 11) is 1.69. The van der Waals surface area contributed by atoms with E-state index in [1.165, 1.54) is 5.56 Å². The fraction of sp³-hybridized carbons (Fsp3) is 0.316. The third-order valence-corrected chi connectivity index (χ3v) is 4.49. The average Bonchev–Trinajstić information content (AvgIpc) is 3.07. The van der Waals surface area contributed by atoms with E-state index in [-0.39, 0.29) is 0 Å². The van der Waals surface area contributed by atoms with Crippen molar-refractivity contribution in [3.8, 4) is 5.75 Å². The van der Waals surface area contributed by atoms with Gasteiger partial charge in [0.25, 0.3) is 6.01 Å². The number of aromatic nitrogens is 1.